The van der Waals surface area contributed by atoms with Gasteiger partial charge in [0.05, 0.1) is 0 Å². The summed E-state index contributed by atoms with van der Waals surface area (Å²) in [5.74, 6) is 2.12. The highest BCUT2D eigenvalue weighted by Crippen LogP contribution is 2.24. The van der Waals surface area contributed by atoms with E-state index in [0.29, 0.717) is 16.8 Å². The number of aryl methyl sites for hydroxylation is 2. The second-order valence-corrected chi connectivity index (χ2v) is 4.34. The first-order chi connectivity index (χ1) is 8.66. The number of benzene rings is 1. The molecule has 1 aromatic carbocycles. The van der Waals surface area contributed by atoms with Crippen LogP contribution in [0, 0.1) is 13.8 Å². The van der Waals surface area contributed by atoms with Crippen molar-refractivity contribution in [1.82, 2.24) is 25.0 Å². The zero-order chi connectivity index (χ0) is 12.7. The average molecular weight is 260 g/mol. The van der Waals surface area contributed by atoms with Gasteiger partial charge in [-0.1, -0.05) is 35.9 Å². The average Bonchev–Trinajstić information content (AvgIpc) is 2.69. The molecule has 0 bridgehead atoms. The van der Waals surface area contributed by atoms with Gasteiger partial charge in [0.2, 0.25) is 0 Å². The number of aromatic nitrogens is 5. The molecule has 0 amide bonds. The fourth-order valence-electron chi connectivity index (χ4n) is 1.94. The number of fused-ring (bicyclic) bond motifs is 1. The van der Waals surface area contributed by atoms with Gasteiger partial charge >= 0.3 is 0 Å². The summed E-state index contributed by atoms with van der Waals surface area (Å²) < 4.78 is 1.68. The molecule has 6 heteroatoms. The Bertz CT molecular complexity index is 734. The summed E-state index contributed by atoms with van der Waals surface area (Å²) in [5.41, 5.74) is 0. The molecule has 0 saturated heterocycles. The van der Waals surface area contributed by atoms with Crippen LogP contribution in [0.25, 0.3) is 16.6 Å². The van der Waals surface area contributed by atoms with E-state index in [1.807, 2.05) is 38.1 Å². The summed E-state index contributed by atoms with van der Waals surface area (Å²) in [4.78, 5) is 4.27. The number of nitrogens with zero attached hydrogens (tertiary/aromatic N) is 5. The van der Waals surface area contributed by atoms with E-state index < -0.39 is 0 Å². The Kier molecular flexibility index (Phi) is 2.48. The molecule has 3 aromatic rings. The fraction of sp³-hybridized carbons (Fsp3) is 0.167. The monoisotopic (exact) mass is 259 g/mol. The van der Waals surface area contributed by atoms with Crippen LogP contribution in [0.2, 0.25) is 5.15 Å². The maximum atomic E-state index is 6.04. The lowest BCUT2D eigenvalue weighted by atomic mass is 10.2. The van der Waals surface area contributed by atoms with Gasteiger partial charge in [0.15, 0.2) is 11.0 Å². The third kappa shape index (κ3) is 1.64. The standard InChI is InChI=1S/C12H10ClN5/c1-7-14-8(2)18(17-7)12-10-6-4-3-5-9(10)11(13)15-16-12/h3-6H,1-2H3. The Morgan fingerprint density at radius 2 is 1.78 bits per heavy atom. The van der Waals surface area contributed by atoms with Crippen molar-refractivity contribution in [3.63, 3.8) is 0 Å². The van der Waals surface area contributed by atoms with Crippen molar-refractivity contribution < 1.29 is 0 Å². The minimum atomic E-state index is 0.392. The molecule has 0 aliphatic rings. The lowest BCUT2D eigenvalue weighted by Gasteiger charge is -2.06. The van der Waals surface area contributed by atoms with E-state index in [2.05, 4.69) is 20.3 Å². The molecule has 0 unspecified atom stereocenters. The van der Waals surface area contributed by atoms with Gasteiger partial charge in [0, 0.05) is 10.8 Å². The van der Waals surface area contributed by atoms with Gasteiger partial charge < -0.3 is 0 Å². The van der Waals surface area contributed by atoms with Crippen LogP contribution in [-0.2, 0) is 0 Å². The Morgan fingerprint density at radius 1 is 1.06 bits per heavy atom. The van der Waals surface area contributed by atoms with Gasteiger partial charge in [0.1, 0.15) is 11.6 Å². The smallest absolute Gasteiger partial charge is 0.185 e. The molecule has 0 spiro atoms. The highest BCUT2D eigenvalue weighted by Gasteiger charge is 2.12. The van der Waals surface area contributed by atoms with E-state index in [1.165, 1.54) is 0 Å². The SMILES string of the molecule is Cc1nc(C)n(-c2nnc(Cl)c3ccccc23)n1. The second-order valence-electron chi connectivity index (χ2n) is 3.98. The van der Waals surface area contributed by atoms with Crippen LogP contribution in [0.15, 0.2) is 24.3 Å². The summed E-state index contributed by atoms with van der Waals surface area (Å²) in [5, 5.41) is 14.6. The maximum absolute atomic E-state index is 6.04. The van der Waals surface area contributed by atoms with Gasteiger partial charge in [0.25, 0.3) is 0 Å². The molecule has 90 valence electrons. The molecule has 3 rings (SSSR count). The molecule has 0 radical (unpaired) electrons. The molecule has 0 saturated carbocycles. The Labute approximate surface area is 108 Å². The van der Waals surface area contributed by atoms with Gasteiger partial charge in [-0.2, -0.15) is 4.68 Å². The predicted molar refractivity (Wildman–Crippen MR) is 68.9 cm³/mol. The normalized spacial score (nSPS) is 11.1. The molecule has 5 nitrogen and oxygen atoms in total. The summed E-state index contributed by atoms with van der Waals surface area (Å²) in [6, 6.07) is 7.71. The van der Waals surface area contributed by atoms with E-state index in [-0.39, 0.29) is 0 Å². The van der Waals surface area contributed by atoms with Crippen LogP contribution < -0.4 is 0 Å². The number of halogens is 1. The third-order valence-corrected chi connectivity index (χ3v) is 2.98. The Morgan fingerprint density at radius 3 is 2.44 bits per heavy atom. The summed E-state index contributed by atoms with van der Waals surface area (Å²) in [6.45, 7) is 3.72. The van der Waals surface area contributed by atoms with Crippen LogP contribution in [0.5, 0.6) is 0 Å². The largest absolute Gasteiger partial charge is 0.217 e. The summed E-state index contributed by atoms with van der Waals surface area (Å²) in [7, 11) is 0. The molecule has 2 aromatic heterocycles. The van der Waals surface area contributed by atoms with E-state index in [4.69, 9.17) is 11.6 Å². The van der Waals surface area contributed by atoms with E-state index >= 15 is 0 Å². The van der Waals surface area contributed by atoms with Crippen molar-refractivity contribution in [3.8, 4) is 5.82 Å². The zero-order valence-electron chi connectivity index (χ0n) is 9.92. The molecular weight excluding hydrogens is 250 g/mol. The fourth-order valence-corrected chi connectivity index (χ4v) is 2.14. The van der Waals surface area contributed by atoms with Crippen LogP contribution in [0.4, 0.5) is 0 Å². The van der Waals surface area contributed by atoms with Gasteiger partial charge in [-0.15, -0.1) is 15.3 Å². The Hall–Kier alpha value is -2.01. The van der Waals surface area contributed by atoms with E-state index in [9.17, 15) is 0 Å². The second kappa shape index (κ2) is 4.03. The number of rotatable bonds is 1. The van der Waals surface area contributed by atoms with Crippen molar-refractivity contribution in [2.24, 2.45) is 0 Å². The minimum Gasteiger partial charge on any atom is -0.217 e. The molecule has 0 N–H and O–H groups in total. The minimum absolute atomic E-state index is 0.392. The maximum Gasteiger partial charge on any atom is 0.185 e. The number of hydrogen-bond acceptors (Lipinski definition) is 4. The topological polar surface area (TPSA) is 56.5 Å². The lowest BCUT2D eigenvalue weighted by Crippen LogP contribution is -2.05. The van der Waals surface area contributed by atoms with Crippen molar-refractivity contribution in [3.05, 3.63) is 41.1 Å². The molecule has 18 heavy (non-hydrogen) atoms. The van der Waals surface area contributed by atoms with Crippen molar-refractivity contribution in [1.29, 1.82) is 0 Å². The van der Waals surface area contributed by atoms with Crippen molar-refractivity contribution in [2.45, 2.75) is 13.8 Å². The first kappa shape index (κ1) is 11.1. The van der Waals surface area contributed by atoms with Crippen molar-refractivity contribution >= 4 is 22.4 Å². The van der Waals surface area contributed by atoms with Gasteiger partial charge in [-0.05, 0) is 13.8 Å². The molecular formula is C12H10ClN5. The predicted octanol–water partition coefficient (Wildman–Crippen LogP) is 2.48. The van der Waals surface area contributed by atoms with Crippen LogP contribution in [-0.4, -0.2) is 25.0 Å². The lowest BCUT2D eigenvalue weighted by molar-refractivity contribution is 0.789. The Balaban J connectivity index is 2.37. The van der Waals surface area contributed by atoms with Crippen LogP contribution in [0.1, 0.15) is 11.6 Å². The third-order valence-electron chi connectivity index (χ3n) is 2.70. The highest BCUT2D eigenvalue weighted by atomic mass is 35.5. The summed E-state index contributed by atoms with van der Waals surface area (Å²) in [6.07, 6.45) is 0. The zero-order valence-corrected chi connectivity index (χ0v) is 10.7. The molecule has 0 aliphatic carbocycles. The first-order valence-electron chi connectivity index (χ1n) is 5.48. The summed E-state index contributed by atoms with van der Waals surface area (Å²) >= 11 is 6.04. The van der Waals surface area contributed by atoms with Gasteiger partial charge in [-0.25, -0.2) is 4.98 Å². The van der Waals surface area contributed by atoms with E-state index in [1.54, 1.807) is 4.68 Å². The van der Waals surface area contributed by atoms with Crippen molar-refractivity contribution in [2.75, 3.05) is 0 Å². The quantitative estimate of drug-likeness (QED) is 0.674. The molecule has 0 fully saturated rings. The van der Waals surface area contributed by atoms with Gasteiger partial charge in [-0.3, -0.25) is 0 Å². The molecule has 0 atom stereocenters. The highest BCUT2D eigenvalue weighted by molar-refractivity contribution is 6.34. The first-order valence-corrected chi connectivity index (χ1v) is 5.86. The van der Waals surface area contributed by atoms with Crippen LogP contribution in [0.3, 0.4) is 0 Å². The molecule has 2 heterocycles. The van der Waals surface area contributed by atoms with E-state index in [0.717, 1.165) is 16.6 Å². The number of hydrogen-bond donors (Lipinski definition) is 0. The molecule has 0 aliphatic heterocycles. The van der Waals surface area contributed by atoms with Crippen LogP contribution >= 0.6 is 11.6 Å².